The van der Waals surface area contributed by atoms with Gasteiger partial charge in [-0.2, -0.15) is 5.10 Å². The number of nitrogens with one attached hydrogen (secondary N) is 1. The van der Waals surface area contributed by atoms with E-state index in [4.69, 9.17) is 9.84 Å². The van der Waals surface area contributed by atoms with E-state index in [0.717, 1.165) is 15.6 Å². The summed E-state index contributed by atoms with van der Waals surface area (Å²) in [6.07, 6.45) is 4.90. The van der Waals surface area contributed by atoms with Crippen LogP contribution in [0.4, 0.5) is 0 Å². The molecule has 28 heavy (non-hydrogen) atoms. The van der Waals surface area contributed by atoms with Crippen molar-refractivity contribution in [2.24, 2.45) is 0 Å². The van der Waals surface area contributed by atoms with Gasteiger partial charge in [0.1, 0.15) is 11.7 Å². The Hall–Kier alpha value is -2.33. The first-order chi connectivity index (χ1) is 13.6. The fourth-order valence-electron chi connectivity index (χ4n) is 2.61. The second-order valence-corrected chi connectivity index (χ2v) is 7.17. The van der Waals surface area contributed by atoms with E-state index in [1.807, 2.05) is 30.5 Å². The average molecular weight is 449 g/mol. The van der Waals surface area contributed by atoms with Gasteiger partial charge < -0.3 is 20.3 Å². The number of aliphatic hydroxyl groups is 2. The lowest BCUT2D eigenvalue weighted by Crippen LogP contribution is -2.29. The molecular formula is C19H21BrN4O4. The minimum atomic E-state index is -0.911. The summed E-state index contributed by atoms with van der Waals surface area (Å²) in [6.45, 7) is 0.165. The first-order valence-corrected chi connectivity index (χ1v) is 9.57. The smallest absolute Gasteiger partial charge is 0.256 e. The van der Waals surface area contributed by atoms with Gasteiger partial charge in [-0.05, 0) is 23.3 Å². The van der Waals surface area contributed by atoms with Crippen LogP contribution in [0.1, 0.15) is 21.5 Å². The zero-order valence-corrected chi connectivity index (χ0v) is 16.7. The quantitative estimate of drug-likeness (QED) is 0.424. The lowest BCUT2D eigenvalue weighted by atomic mass is 10.1. The molecule has 2 aromatic heterocycles. The summed E-state index contributed by atoms with van der Waals surface area (Å²) in [5, 5.41) is 24.8. The topological polar surface area (TPSA) is 109 Å². The number of benzene rings is 1. The van der Waals surface area contributed by atoms with Crippen molar-refractivity contribution in [1.29, 1.82) is 0 Å². The van der Waals surface area contributed by atoms with Crippen LogP contribution in [0.15, 0.2) is 47.3 Å². The summed E-state index contributed by atoms with van der Waals surface area (Å²) in [4.78, 5) is 16.7. The molecule has 3 N–H and O–H groups in total. The van der Waals surface area contributed by atoms with E-state index < -0.39 is 6.10 Å². The minimum Gasteiger partial charge on any atom is -0.394 e. The third kappa shape index (κ3) is 5.35. The van der Waals surface area contributed by atoms with Crippen LogP contribution < -0.4 is 5.32 Å². The molecule has 1 atom stereocenters. The van der Waals surface area contributed by atoms with Crippen molar-refractivity contribution in [3.63, 3.8) is 0 Å². The molecule has 0 saturated carbocycles. The number of rotatable bonds is 9. The molecule has 1 amide bonds. The Balaban J connectivity index is 1.59. The number of ether oxygens (including phenoxy) is 1. The summed E-state index contributed by atoms with van der Waals surface area (Å²) < 4.78 is 7.78. The van der Waals surface area contributed by atoms with Crippen LogP contribution >= 0.6 is 15.9 Å². The summed E-state index contributed by atoms with van der Waals surface area (Å²) in [5.41, 5.74) is 3.00. The van der Waals surface area contributed by atoms with E-state index in [1.165, 1.54) is 6.20 Å². The normalized spacial score (nSPS) is 12.2. The standard InChI is InChI=1S/C19H21BrN4O4/c20-15-3-1-13(2-4-15)7-14-8-22-18-17(9-23-24(18)10-14)19(27)21-5-6-28-12-16(26)11-25/h1-4,8-10,16,25-26H,5-7,11-12H2,(H,21,27). The second-order valence-electron chi connectivity index (χ2n) is 6.26. The Kier molecular flexibility index (Phi) is 7.10. The molecule has 0 fully saturated rings. The van der Waals surface area contributed by atoms with Crippen LogP contribution in [-0.4, -0.2) is 63.2 Å². The molecule has 8 nitrogen and oxygen atoms in total. The van der Waals surface area contributed by atoms with E-state index in [9.17, 15) is 9.90 Å². The van der Waals surface area contributed by atoms with Crippen LogP contribution in [-0.2, 0) is 11.2 Å². The van der Waals surface area contributed by atoms with Gasteiger partial charge in [0, 0.05) is 29.8 Å². The molecule has 0 aliphatic heterocycles. The van der Waals surface area contributed by atoms with Crippen molar-refractivity contribution in [2.75, 3.05) is 26.4 Å². The Morgan fingerprint density at radius 1 is 1.25 bits per heavy atom. The van der Waals surface area contributed by atoms with E-state index in [1.54, 1.807) is 10.7 Å². The van der Waals surface area contributed by atoms with Crippen molar-refractivity contribution >= 4 is 27.5 Å². The number of hydrogen-bond acceptors (Lipinski definition) is 6. The zero-order valence-electron chi connectivity index (χ0n) is 15.1. The number of carbonyl (C=O) groups is 1. The monoisotopic (exact) mass is 448 g/mol. The number of nitrogens with zero attached hydrogens (tertiary/aromatic N) is 3. The number of aliphatic hydroxyl groups excluding tert-OH is 2. The number of carbonyl (C=O) groups excluding carboxylic acids is 1. The fourth-order valence-corrected chi connectivity index (χ4v) is 2.87. The first kappa shape index (κ1) is 20.4. The van der Waals surface area contributed by atoms with Crippen LogP contribution in [0, 0.1) is 0 Å². The lowest BCUT2D eigenvalue weighted by molar-refractivity contribution is 0.00740. The van der Waals surface area contributed by atoms with Gasteiger partial charge in [-0.25, -0.2) is 9.50 Å². The van der Waals surface area contributed by atoms with Crippen LogP contribution in [0.5, 0.6) is 0 Å². The molecule has 0 bridgehead atoms. The Morgan fingerprint density at radius 2 is 2.04 bits per heavy atom. The van der Waals surface area contributed by atoms with Crippen molar-refractivity contribution in [3.05, 3.63) is 64.0 Å². The van der Waals surface area contributed by atoms with E-state index in [2.05, 4.69) is 31.3 Å². The lowest BCUT2D eigenvalue weighted by Gasteiger charge is -2.08. The summed E-state index contributed by atoms with van der Waals surface area (Å²) >= 11 is 3.42. The van der Waals surface area contributed by atoms with Crippen molar-refractivity contribution in [2.45, 2.75) is 12.5 Å². The second kappa shape index (κ2) is 9.74. The third-order valence-electron chi connectivity index (χ3n) is 4.03. The Bertz CT molecular complexity index is 929. The maximum atomic E-state index is 12.3. The molecule has 1 aromatic carbocycles. The van der Waals surface area contributed by atoms with Gasteiger partial charge in [0.2, 0.25) is 0 Å². The van der Waals surface area contributed by atoms with Gasteiger partial charge >= 0.3 is 0 Å². The molecule has 0 aliphatic carbocycles. The highest BCUT2D eigenvalue weighted by atomic mass is 79.9. The van der Waals surface area contributed by atoms with Crippen molar-refractivity contribution < 1.29 is 19.7 Å². The van der Waals surface area contributed by atoms with E-state index in [-0.39, 0.29) is 32.3 Å². The number of halogens is 1. The maximum absolute atomic E-state index is 12.3. The van der Waals surface area contributed by atoms with Gasteiger partial charge in [0.15, 0.2) is 5.65 Å². The molecule has 9 heteroatoms. The van der Waals surface area contributed by atoms with Crippen LogP contribution in [0.2, 0.25) is 0 Å². The van der Waals surface area contributed by atoms with Gasteiger partial charge in [0.25, 0.3) is 5.91 Å². The predicted octanol–water partition coefficient (Wildman–Crippen LogP) is 1.18. The Labute approximate surface area is 170 Å². The molecule has 1 unspecified atom stereocenters. The molecular weight excluding hydrogens is 428 g/mol. The molecule has 0 spiro atoms. The number of aromatic nitrogens is 3. The SMILES string of the molecule is O=C(NCCOCC(O)CO)c1cnn2cc(Cc3ccc(Br)cc3)cnc12. The molecule has 0 aliphatic rings. The highest BCUT2D eigenvalue weighted by Gasteiger charge is 2.14. The molecule has 148 valence electrons. The number of amides is 1. The molecule has 0 saturated heterocycles. The summed E-state index contributed by atoms with van der Waals surface area (Å²) in [6, 6.07) is 8.06. The summed E-state index contributed by atoms with van der Waals surface area (Å²) in [7, 11) is 0. The number of fused-ring (bicyclic) bond motifs is 1. The molecule has 2 heterocycles. The molecule has 0 radical (unpaired) electrons. The average Bonchev–Trinajstić information content (AvgIpc) is 3.12. The van der Waals surface area contributed by atoms with Gasteiger partial charge in [-0.1, -0.05) is 28.1 Å². The largest absolute Gasteiger partial charge is 0.394 e. The van der Waals surface area contributed by atoms with E-state index in [0.29, 0.717) is 17.6 Å². The number of hydrogen-bond donors (Lipinski definition) is 3. The highest BCUT2D eigenvalue weighted by molar-refractivity contribution is 9.10. The fraction of sp³-hybridized carbons (Fsp3) is 0.316. The van der Waals surface area contributed by atoms with Crippen LogP contribution in [0.3, 0.4) is 0 Å². The van der Waals surface area contributed by atoms with Crippen molar-refractivity contribution in [1.82, 2.24) is 19.9 Å². The van der Waals surface area contributed by atoms with Gasteiger partial charge in [-0.3, -0.25) is 4.79 Å². The summed E-state index contributed by atoms with van der Waals surface area (Å²) in [5.74, 6) is -0.297. The highest BCUT2D eigenvalue weighted by Crippen LogP contribution is 2.15. The van der Waals surface area contributed by atoms with Gasteiger partial charge in [-0.15, -0.1) is 0 Å². The van der Waals surface area contributed by atoms with Crippen LogP contribution in [0.25, 0.3) is 5.65 Å². The first-order valence-electron chi connectivity index (χ1n) is 8.78. The maximum Gasteiger partial charge on any atom is 0.256 e. The van der Waals surface area contributed by atoms with Gasteiger partial charge in [0.05, 0.1) is 26.0 Å². The predicted molar refractivity (Wildman–Crippen MR) is 106 cm³/mol. The minimum absolute atomic E-state index is 0.0196. The molecule has 3 rings (SSSR count). The third-order valence-corrected chi connectivity index (χ3v) is 4.56. The van der Waals surface area contributed by atoms with Crippen molar-refractivity contribution in [3.8, 4) is 0 Å². The zero-order chi connectivity index (χ0) is 19.9. The van der Waals surface area contributed by atoms with E-state index >= 15 is 0 Å². The Morgan fingerprint density at radius 3 is 2.79 bits per heavy atom. The molecule has 3 aromatic rings.